The molecule has 1 fully saturated rings. The van der Waals surface area contributed by atoms with Crippen LogP contribution >= 0.6 is 0 Å². The van der Waals surface area contributed by atoms with Gasteiger partial charge in [-0.15, -0.1) is 0 Å². The molecule has 1 heterocycles. The number of likely N-dealkylation sites (tertiary alicyclic amines) is 1. The largest absolute Gasteiger partial charge is 0.481 e. The first-order chi connectivity index (χ1) is 10.1. The van der Waals surface area contributed by atoms with E-state index in [-0.39, 0.29) is 25.0 Å². The van der Waals surface area contributed by atoms with Crippen molar-refractivity contribution in [3.8, 4) is 0 Å². The first-order valence-electron chi connectivity index (χ1n) is 7.94. The maximum absolute atomic E-state index is 12.2. The standard InChI is InChI=1S/C16H25NO4/c18-15(12-13-4-2-1-3-5-13)17-9-6-14(7-10-17)21-11-8-16(19)20/h4,14H,1-3,5-12H2,(H,19,20). The molecule has 5 nitrogen and oxygen atoms in total. The van der Waals surface area contributed by atoms with Gasteiger partial charge in [-0.1, -0.05) is 11.6 Å². The van der Waals surface area contributed by atoms with Crippen LogP contribution in [0.25, 0.3) is 0 Å². The van der Waals surface area contributed by atoms with E-state index in [0.29, 0.717) is 6.42 Å². The first-order valence-corrected chi connectivity index (χ1v) is 7.94. The zero-order valence-electron chi connectivity index (χ0n) is 12.6. The Hall–Kier alpha value is -1.36. The van der Waals surface area contributed by atoms with Crippen LogP contribution in [-0.2, 0) is 14.3 Å². The number of allylic oxidation sites excluding steroid dienone is 1. The van der Waals surface area contributed by atoms with E-state index in [1.165, 1.54) is 18.4 Å². The molecule has 0 bridgehead atoms. The minimum Gasteiger partial charge on any atom is -0.481 e. The second-order valence-corrected chi connectivity index (χ2v) is 5.88. The van der Waals surface area contributed by atoms with E-state index in [1.54, 1.807) is 0 Å². The summed E-state index contributed by atoms with van der Waals surface area (Å²) in [6, 6.07) is 0. The Kier molecular flexibility index (Phi) is 6.23. The fourth-order valence-electron chi connectivity index (χ4n) is 2.96. The molecule has 1 aliphatic heterocycles. The second-order valence-electron chi connectivity index (χ2n) is 5.88. The van der Waals surface area contributed by atoms with Crippen molar-refractivity contribution in [3.05, 3.63) is 11.6 Å². The van der Waals surface area contributed by atoms with E-state index in [9.17, 15) is 9.59 Å². The van der Waals surface area contributed by atoms with Crippen LogP contribution in [0.4, 0.5) is 0 Å². The molecule has 2 rings (SSSR count). The third-order valence-electron chi connectivity index (χ3n) is 4.23. The molecule has 118 valence electrons. The van der Waals surface area contributed by atoms with Gasteiger partial charge < -0.3 is 14.7 Å². The molecule has 1 aliphatic carbocycles. The normalized spacial score (nSPS) is 20.2. The molecular weight excluding hydrogens is 270 g/mol. The lowest BCUT2D eigenvalue weighted by atomic mass is 9.96. The minimum atomic E-state index is -0.830. The van der Waals surface area contributed by atoms with E-state index in [4.69, 9.17) is 9.84 Å². The topological polar surface area (TPSA) is 66.8 Å². The van der Waals surface area contributed by atoms with E-state index in [2.05, 4.69) is 6.08 Å². The lowest BCUT2D eigenvalue weighted by molar-refractivity contribution is -0.139. The van der Waals surface area contributed by atoms with E-state index in [1.807, 2.05) is 4.90 Å². The Labute approximate surface area is 126 Å². The van der Waals surface area contributed by atoms with Crippen LogP contribution in [0, 0.1) is 0 Å². The molecule has 0 spiro atoms. The fraction of sp³-hybridized carbons (Fsp3) is 0.750. The van der Waals surface area contributed by atoms with Gasteiger partial charge in [0.1, 0.15) is 0 Å². The Morgan fingerprint density at radius 3 is 2.67 bits per heavy atom. The highest BCUT2D eigenvalue weighted by Gasteiger charge is 2.23. The summed E-state index contributed by atoms with van der Waals surface area (Å²) in [7, 11) is 0. The molecule has 1 N–H and O–H groups in total. The van der Waals surface area contributed by atoms with Crippen LogP contribution in [0.1, 0.15) is 51.4 Å². The van der Waals surface area contributed by atoms with Crippen LogP contribution in [0.15, 0.2) is 11.6 Å². The molecule has 0 atom stereocenters. The zero-order chi connectivity index (χ0) is 15.1. The molecule has 0 aromatic heterocycles. The lowest BCUT2D eigenvalue weighted by Crippen LogP contribution is -2.41. The number of ether oxygens (including phenoxy) is 1. The maximum Gasteiger partial charge on any atom is 0.305 e. The average molecular weight is 295 g/mol. The summed E-state index contributed by atoms with van der Waals surface area (Å²) in [5, 5.41) is 8.58. The van der Waals surface area contributed by atoms with Crippen LogP contribution in [0.2, 0.25) is 0 Å². The average Bonchev–Trinajstić information content (AvgIpc) is 2.48. The van der Waals surface area contributed by atoms with Crippen molar-refractivity contribution in [2.24, 2.45) is 0 Å². The van der Waals surface area contributed by atoms with Crippen LogP contribution in [0.5, 0.6) is 0 Å². The van der Waals surface area contributed by atoms with Gasteiger partial charge in [0, 0.05) is 19.5 Å². The highest BCUT2D eigenvalue weighted by molar-refractivity contribution is 5.78. The number of hydrogen-bond acceptors (Lipinski definition) is 3. The van der Waals surface area contributed by atoms with Crippen molar-refractivity contribution in [1.29, 1.82) is 0 Å². The molecule has 0 radical (unpaired) electrons. The Balaban J connectivity index is 1.67. The van der Waals surface area contributed by atoms with Gasteiger partial charge in [-0.3, -0.25) is 9.59 Å². The van der Waals surface area contributed by atoms with E-state index >= 15 is 0 Å². The fourth-order valence-corrected chi connectivity index (χ4v) is 2.96. The molecule has 0 unspecified atom stereocenters. The molecule has 1 saturated heterocycles. The zero-order valence-corrected chi connectivity index (χ0v) is 12.6. The predicted molar refractivity (Wildman–Crippen MR) is 79.0 cm³/mol. The molecule has 1 amide bonds. The summed E-state index contributed by atoms with van der Waals surface area (Å²) < 4.78 is 5.54. The minimum absolute atomic E-state index is 0.0489. The van der Waals surface area contributed by atoms with E-state index < -0.39 is 5.97 Å². The van der Waals surface area contributed by atoms with Crippen molar-refractivity contribution in [3.63, 3.8) is 0 Å². The van der Waals surface area contributed by atoms with Crippen molar-refractivity contribution < 1.29 is 19.4 Å². The summed E-state index contributed by atoms with van der Waals surface area (Å²) in [6.45, 7) is 1.72. The first kappa shape index (κ1) is 16.0. The lowest BCUT2D eigenvalue weighted by Gasteiger charge is -2.32. The second kappa shape index (κ2) is 8.17. The van der Waals surface area contributed by atoms with Gasteiger partial charge in [0.2, 0.25) is 5.91 Å². The summed E-state index contributed by atoms with van der Waals surface area (Å²) in [5.74, 6) is -0.601. The maximum atomic E-state index is 12.2. The van der Waals surface area contributed by atoms with Crippen LogP contribution < -0.4 is 0 Å². The number of carboxylic acids is 1. The van der Waals surface area contributed by atoms with Gasteiger partial charge in [-0.05, 0) is 38.5 Å². The Bertz CT molecular complexity index is 397. The van der Waals surface area contributed by atoms with Crippen molar-refractivity contribution >= 4 is 11.9 Å². The highest BCUT2D eigenvalue weighted by atomic mass is 16.5. The van der Waals surface area contributed by atoms with Crippen molar-refractivity contribution in [2.75, 3.05) is 19.7 Å². The van der Waals surface area contributed by atoms with Gasteiger partial charge >= 0.3 is 5.97 Å². The molecular formula is C16H25NO4. The number of rotatable bonds is 6. The molecule has 5 heteroatoms. The van der Waals surface area contributed by atoms with Crippen molar-refractivity contribution in [2.45, 2.75) is 57.5 Å². The third-order valence-corrected chi connectivity index (χ3v) is 4.23. The highest BCUT2D eigenvalue weighted by Crippen LogP contribution is 2.22. The van der Waals surface area contributed by atoms with Gasteiger partial charge in [0.05, 0.1) is 19.1 Å². The smallest absolute Gasteiger partial charge is 0.305 e. The summed E-state index contributed by atoms with van der Waals surface area (Å²) in [5.41, 5.74) is 1.30. The SMILES string of the molecule is O=C(O)CCOC1CCN(C(=O)CC2=CCCCC2)CC1. The molecule has 0 saturated carbocycles. The number of piperidine rings is 1. The number of nitrogens with zero attached hydrogens (tertiary/aromatic N) is 1. The number of amides is 1. The number of aliphatic carboxylic acids is 1. The number of hydrogen-bond donors (Lipinski definition) is 1. The molecule has 2 aliphatic rings. The number of carbonyl (C=O) groups is 2. The quantitative estimate of drug-likeness (QED) is 0.764. The van der Waals surface area contributed by atoms with Gasteiger partial charge in [0.25, 0.3) is 0 Å². The monoisotopic (exact) mass is 295 g/mol. The molecule has 0 aromatic carbocycles. The summed E-state index contributed by atoms with van der Waals surface area (Å²) in [4.78, 5) is 24.6. The number of carboxylic acid groups (broad SMARTS) is 1. The van der Waals surface area contributed by atoms with Gasteiger partial charge in [-0.25, -0.2) is 0 Å². The molecule has 0 aromatic rings. The summed E-state index contributed by atoms with van der Waals surface area (Å²) in [6.07, 6.45) is 9.20. The van der Waals surface area contributed by atoms with E-state index in [0.717, 1.165) is 38.8 Å². The Morgan fingerprint density at radius 1 is 1.29 bits per heavy atom. The predicted octanol–water partition coefficient (Wildman–Crippen LogP) is 2.36. The summed E-state index contributed by atoms with van der Waals surface area (Å²) >= 11 is 0. The van der Waals surface area contributed by atoms with Gasteiger partial charge in [-0.2, -0.15) is 0 Å². The Morgan fingerprint density at radius 2 is 2.05 bits per heavy atom. The number of carbonyl (C=O) groups excluding carboxylic acids is 1. The van der Waals surface area contributed by atoms with Gasteiger partial charge in [0.15, 0.2) is 0 Å². The van der Waals surface area contributed by atoms with Crippen LogP contribution in [-0.4, -0.2) is 47.7 Å². The van der Waals surface area contributed by atoms with Crippen LogP contribution in [0.3, 0.4) is 0 Å². The third kappa shape index (κ3) is 5.50. The van der Waals surface area contributed by atoms with Crippen molar-refractivity contribution in [1.82, 2.24) is 4.90 Å². The molecule has 21 heavy (non-hydrogen) atoms.